The zero-order valence-corrected chi connectivity index (χ0v) is 16.4. The highest BCUT2D eigenvalue weighted by Crippen LogP contribution is 2.38. The average Bonchev–Trinajstić information content (AvgIpc) is 3.44. The van der Waals surface area contributed by atoms with Gasteiger partial charge >= 0.3 is 0 Å². The van der Waals surface area contributed by atoms with Crippen molar-refractivity contribution in [3.8, 4) is 0 Å². The van der Waals surface area contributed by atoms with E-state index in [-0.39, 0.29) is 11.8 Å². The van der Waals surface area contributed by atoms with Gasteiger partial charge < -0.3 is 9.88 Å². The minimum Gasteiger partial charge on any atom is -0.326 e. The quantitative estimate of drug-likeness (QED) is 0.846. The van der Waals surface area contributed by atoms with E-state index < -0.39 is 10.0 Å². The molecule has 8 nitrogen and oxygen atoms in total. The molecule has 1 unspecified atom stereocenters. The standard InChI is InChI=1S/C19H23N5O3S/c25-18-8-3-13-10-16(6-7-17(13)21-18)28(26,27)23-9-1-2-14(11-23)19-22-20-12-24(19)15-4-5-15/h6-7,10,12,14-15H,1-5,8-9,11H2,(H,21,25). The van der Waals surface area contributed by atoms with Gasteiger partial charge in [0.05, 0.1) is 4.90 Å². The predicted molar refractivity (Wildman–Crippen MR) is 102 cm³/mol. The van der Waals surface area contributed by atoms with Crippen molar-refractivity contribution in [2.75, 3.05) is 18.4 Å². The summed E-state index contributed by atoms with van der Waals surface area (Å²) in [4.78, 5) is 11.8. The molecule has 2 aliphatic heterocycles. The molecule has 0 bridgehead atoms. The lowest BCUT2D eigenvalue weighted by atomic mass is 9.99. The van der Waals surface area contributed by atoms with Crippen LogP contribution < -0.4 is 5.32 Å². The van der Waals surface area contributed by atoms with Crippen LogP contribution in [0.5, 0.6) is 0 Å². The molecule has 0 spiro atoms. The van der Waals surface area contributed by atoms with Crippen LogP contribution in [0.25, 0.3) is 0 Å². The second-order valence-electron chi connectivity index (χ2n) is 7.90. The third-order valence-corrected chi connectivity index (χ3v) is 7.76. The van der Waals surface area contributed by atoms with Gasteiger partial charge in [0.25, 0.3) is 0 Å². The second kappa shape index (κ2) is 6.66. The molecule has 28 heavy (non-hydrogen) atoms. The zero-order valence-electron chi connectivity index (χ0n) is 15.5. The molecule has 2 aromatic rings. The third-order valence-electron chi connectivity index (χ3n) is 5.90. The number of anilines is 1. The number of nitrogens with one attached hydrogen (secondary N) is 1. The molecule has 5 rings (SSSR count). The number of nitrogens with zero attached hydrogens (tertiary/aromatic N) is 4. The largest absolute Gasteiger partial charge is 0.326 e. The molecule has 1 aliphatic carbocycles. The molecule has 2 fully saturated rings. The van der Waals surface area contributed by atoms with Gasteiger partial charge in [-0.3, -0.25) is 4.79 Å². The fourth-order valence-electron chi connectivity index (χ4n) is 4.22. The monoisotopic (exact) mass is 401 g/mol. The number of fused-ring (bicyclic) bond motifs is 1. The number of carbonyl (C=O) groups is 1. The Bertz CT molecular complexity index is 1030. The Morgan fingerprint density at radius 2 is 2.00 bits per heavy atom. The van der Waals surface area contributed by atoms with Gasteiger partial charge in [-0.05, 0) is 55.9 Å². The Kier molecular flexibility index (Phi) is 4.24. The van der Waals surface area contributed by atoms with E-state index in [1.807, 2.05) is 0 Å². The van der Waals surface area contributed by atoms with Crippen LogP contribution in [0, 0.1) is 0 Å². The number of amides is 1. The van der Waals surface area contributed by atoms with Crippen molar-refractivity contribution in [3.05, 3.63) is 35.9 Å². The first-order valence-electron chi connectivity index (χ1n) is 9.85. The minimum atomic E-state index is -3.59. The molecule has 3 aliphatic rings. The number of carbonyl (C=O) groups excluding carboxylic acids is 1. The van der Waals surface area contributed by atoms with Crippen molar-refractivity contribution in [1.29, 1.82) is 0 Å². The van der Waals surface area contributed by atoms with E-state index in [0.29, 0.717) is 42.6 Å². The summed E-state index contributed by atoms with van der Waals surface area (Å²) < 4.78 is 30.3. The summed E-state index contributed by atoms with van der Waals surface area (Å²) in [6.07, 6.45) is 6.75. The van der Waals surface area contributed by atoms with Crippen LogP contribution in [-0.2, 0) is 21.2 Å². The van der Waals surface area contributed by atoms with E-state index in [2.05, 4.69) is 20.1 Å². The maximum Gasteiger partial charge on any atom is 0.243 e. The number of piperidine rings is 1. The number of sulfonamides is 1. The lowest BCUT2D eigenvalue weighted by Crippen LogP contribution is -2.39. The molecule has 1 aromatic carbocycles. The highest BCUT2D eigenvalue weighted by atomic mass is 32.2. The van der Waals surface area contributed by atoms with Crippen molar-refractivity contribution >= 4 is 21.6 Å². The van der Waals surface area contributed by atoms with Crippen molar-refractivity contribution in [1.82, 2.24) is 19.1 Å². The highest BCUT2D eigenvalue weighted by molar-refractivity contribution is 7.89. The zero-order chi connectivity index (χ0) is 19.3. The Hall–Kier alpha value is -2.26. The molecule has 1 saturated carbocycles. The maximum atomic E-state index is 13.3. The number of rotatable bonds is 4. The summed E-state index contributed by atoms with van der Waals surface area (Å²) in [5, 5.41) is 11.2. The number of aryl methyl sites for hydroxylation is 1. The Morgan fingerprint density at radius 3 is 2.82 bits per heavy atom. The first-order chi connectivity index (χ1) is 13.5. The van der Waals surface area contributed by atoms with Crippen molar-refractivity contribution in [2.24, 2.45) is 0 Å². The van der Waals surface area contributed by atoms with Gasteiger partial charge in [0.2, 0.25) is 15.9 Å². The van der Waals surface area contributed by atoms with Crippen LogP contribution in [-0.4, -0.2) is 46.5 Å². The second-order valence-corrected chi connectivity index (χ2v) is 9.83. The summed E-state index contributed by atoms with van der Waals surface area (Å²) in [7, 11) is -3.59. The van der Waals surface area contributed by atoms with Gasteiger partial charge in [0.15, 0.2) is 0 Å². The van der Waals surface area contributed by atoms with Crippen molar-refractivity contribution in [2.45, 2.75) is 55.4 Å². The van der Waals surface area contributed by atoms with Gasteiger partial charge in [-0.2, -0.15) is 4.31 Å². The normalized spacial score (nSPS) is 23.3. The molecule has 1 N–H and O–H groups in total. The molecule has 1 amide bonds. The molecular formula is C19H23N5O3S. The van der Waals surface area contributed by atoms with Crippen molar-refractivity contribution in [3.63, 3.8) is 0 Å². The van der Waals surface area contributed by atoms with E-state index in [4.69, 9.17) is 0 Å². The predicted octanol–water partition coefficient (Wildman–Crippen LogP) is 2.07. The van der Waals surface area contributed by atoms with Crippen LogP contribution in [0.3, 0.4) is 0 Å². The number of aromatic nitrogens is 3. The third kappa shape index (κ3) is 3.12. The van der Waals surface area contributed by atoms with E-state index in [9.17, 15) is 13.2 Å². The molecule has 9 heteroatoms. The van der Waals surface area contributed by atoms with Crippen LogP contribution in [0.2, 0.25) is 0 Å². The fourth-order valence-corrected chi connectivity index (χ4v) is 5.79. The lowest BCUT2D eigenvalue weighted by Gasteiger charge is -2.32. The summed E-state index contributed by atoms with van der Waals surface area (Å²) >= 11 is 0. The van der Waals surface area contributed by atoms with Crippen LogP contribution in [0.15, 0.2) is 29.4 Å². The van der Waals surface area contributed by atoms with Crippen LogP contribution >= 0.6 is 0 Å². The van der Waals surface area contributed by atoms with E-state index in [1.54, 1.807) is 28.8 Å². The fraction of sp³-hybridized carbons (Fsp3) is 0.526. The van der Waals surface area contributed by atoms with Gasteiger partial charge in [-0.1, -0.05) is 0 Å². The van der Waals surface area contributed by atoms with Crippen LogP contribution in [0.1, 0.15) is 55.5 Å². The molecule has 148 valence electrons. The molecular weight excluding hydrogens is 378 g/mol. The van der Waals surface area contributed by atoms with E-state index in [1.165, 1.54) is 0 Å². The summed E-state index contributed by atoms with van der Waals surface area (Å²) in [5.41, 5.74) is 1.59. The van der Waals surface area contributed by atoms with Crippen molar-refractivity contribution < 1.29 is 13.2 Å². The smallest absolute Gasteiger partial charge is 0.243 e. The average molecular weight is 401 g/mol. The minimum absolute atomic E-state index is 0.0262. The van der Waals surface area contributed by atoms with Crippen LogP contribution in [0.4, 0.5) is 5.69 Å². The Balaban J connectivity index is 1.40. The Morgan fingerprint density at radius 1 is 1.14 bits per heavy atom. The summed E-state index contributed by atoms with van der Waals surface area (Å²) in [5.74, 6) is 0.959. The lowest BCUT2D eigenvalue weighted by molar-refractivity contribution is -0.116. The Labute approximate surface area is 164 Å². The highest BCUT2D eigenvalue weighted by Gasteiger charge is 2.35. The van der Waals surface area contributed by atoms with E-state index >= 15 is 0 Å². The number of benzene rings is 1. The maximum absolute atomic E-state index is 13.3. The van der Waals surface area contributed by atoms with E-state index in [0.717, 1.165) is 37.1 Å². The SMILES string of the molecule is O=C1CCc2cc(S(=O)(=O)N3CCCC(c4nncn4C4CC4)C3)ccc2N1. The molecule has 1 aromatic heterocycles. The topological polar surface area (TPSA) is 97.2 Å². The molecule has 1 saturated heterocycles. The summed E-state index contributed by atoms with van der Waals surface area (Å²) in [6, 6.07) is 5.48. The molecule has 1 atom stereocenters. The summed E-state index contributed by atoms with van der Waals surface area (Å²) in [6.45, 7) is 0.950. The van der Waals surface area contributed by atoms with Gasteiger partial charge in [-0.15, -0.1) is 10.2 Å². The number of hydrogen-bond donors (Lipinski definition) is 1. The number of hydrogen-bond acceptors (Lipinski definition) is 5. The van der Waals surface area contributed by atoms with Gasteiger partial charge in [0, 0.05) is 37.2 Å². The molecule has 0 radical (unpaired) electrons. The molecule has 3 heterocycles. The van der Waals surface area contributed by atoms with Gasteiger partial charge in [0.1, 0.15) is 12.2 Å². The first kappa shape index (κ1) is 17.8. The van der Waals surface area contributed by atoms with Gasteiger partial charge in [-0.25, -0.2) is 8.42 Å². The first-order valence-corrected chi connectivity index (χ1v) is 11.3.